The second kappa shape index (κ2) is 3.49. The third kappa shape index (κ3) is 1.59. The first kappa shape index (κ1) is 8.74. The predicted molar refractivity (Wildman–Crippen MR) is 55.4 cm³/mol. The Morgan fingerprint density at radius 1 is 0.929 bits per heavy atom. The first-order valence-electron chi connectivity index (χ1n) is 4.44. The van der Waals surface area contributed by atoms with E-state index < -0.39 is 0 Å². The lowest BCUT2D eigenvalue weighted by Crippen LogP contribution is -1.91. The van der Waals surface area contributed by atoms with Crippen molar-refractivity contribution >= 4 is 12.4 Å². The molecule has 0 radical (unpaired) electrons. The van der Waals surface area contributed by atoms with Crippen molar-refractivity contribution < 1.29 is 0 Å². The average molecular weight is 188 g/mol. The molecular weight excluding hydrogens is 176 g/mol. The summed E-state index contributed by atoms with van der Waals surface area (Å²) < 4.78 is 3.92. The highest BCUT2D eigenvalue weighted by atomic mass is 15.1. The summed E-state index contributed by atoms with van der Waals surface area (Å²) in [5, 5.41) is 0. The van der Waals surface area contributed by atoms with Crippen LogP contribution < -0.4 is 0 Å². The molecule has 0 aliphatic heterocycles. The van der Waals surface area contributed by atoms with Gasteiger partial charge in [0, 0.05) is 37.2 Å². The van der Waals surface area contributed by atoms with Crippen molar-refractivity contribution in [3.8, 4) is 0 Å². The summed E-state index contributed by atoms with van der Waals surface area (Å²) in [4.78, 5) is 8.25. The van der Waals surface area contributed by atoms with Crippen LogP contribution in [0.5, 0.6) is 0 Å². The fourth-order valence-corrected chi connectivity index (χ4v) is 1.23. The zero-order valence-electron chi connectivity index (χ0n) is 8.25. The molecule has 0 aromatic carbocycles. The van der Waals surface area contributed by atoms with E-state index in [4.69, 9.17) is 0 Å². The summed E-state index contributed by atoms with van der Waals surface area (Å²) in [5.74, 6) is 1.94. The van der Waals surface area contributed by atoms with Gasteiger partial charge in [-0.05, 0) is 13.8 Å². The monoisotopic (exact) mass is 188 g/mol. The Kier molecular flexibility index (Phi) is 2.18. The van der Waals surface area contributed by atoms with E-state index in [1.165, 1.54) is 0 Å². The molecule has 0 N–H and O–H groups in total. The van der Waals surface area contributed by atoms with Crippen molar-refractivity contribution in [3.05, 3.63) is 36.4 Å². The number of nitrogens with zero attached hydrogens (tertiary/aromatic N) is 4. The summed E-state index contributed by atoms with van der Waals surface area (Å²) in [7, 11) is 0. The number of hydrogen-bond acceptors (Lipinski definition) is 2. The summed E-state index contributed by atoms with van der Waals surface area (Å²) in [5.41, 5.74) is 0. The lowest BCUT2D eigenvalue weighted by atomic mass is 10.6. The number of hydrogen-bond donors (Lipinski definition) is 0. The highest BCUT2D eigenvalue weighted by molar-refractivity contribution is 5.45. The zero-order valence-corrected chi connectivity index (χ0v) is 8.25. The van der Waals surface area contributed by atoms with E-state index in [9.17, 15) is 0 Å². The van der Waals surface area contributed by atoms with Crippen LogP contribution in [0.15, 0.2) is 24.8 Å². The van der Waals surface area contributed by atoms with Crippen LogP contribution in [-0.2, 0) is 0 Å². The summed E-state index contributed by atoms with van der Waals surface area (Å²) >= 11 is 0. The Bertz CT molecular complexity index is 408. The molecule has 0 aliphatic carbocycles. The smallest absolute Gasteiger partial charge is 0.109 e. The van der Waals surface area contributed by atoms with Gasteiger partial charge in [0.05, 0.1) is 0 Å². The third-order valence-electron chi connectivity index (χ3n) is 2.11. The molecule has 4 nitrogen and oxygen atoms in total. The number of rotatable bonds is 2. The maximum absolute atomic E-state index is 4.13. The Morgan fingerprint density at radius 2 is 1.36 bits per heavy atom. The van der Waals surface area contributed by atoms with Crippen molar-refractivity contribution in [3.63, 3.8) is 0 Å². The van der Waals surface area contributed by atoms with Gasteiger partial charge in [-0.3, -0.25) is 0 Å². The molecule has 72 valence electrons. The number of imidazole rings is 2. The van der Waals surface area contributed by atoms with Crippen LogP contribution in [0.1, 0.15) is 11.6 Å². The Balaban J connectivity index is 2.23. The van der Waals surface area contributed by atoms with Crippen LogP contribution in [0.25, 0.3) is 12.4 Å². The minimum atomic E-state index is 0.971. The topological polar surface area (TPSA) is 35.6 Å². The van der Waals surface area contributed by atoms with E-state index in [1.807, 2.05) is 47.8 Å². The normalized spacial score (nSPS) is 11.3. The summed E-state index contributed by atoms with van der Waals surface area (Å²) in [6, 6.07) is 0. The Hall–Kier alpha value is -1.84. The van der Waals surface area contributed by atoms with E-state index >= 15 is 0 Å². The van der Waals surface area contributed by atoms with Gasteiger partial charge in [0.15, 0.2) is 0 Å². The molecule has 14 heavy (non-hydrogen) atoms. The molecule has 0 bridgehead atoms. The minimum absolute atomic E-state index is 0.971. The van der Waals surface area contributed by atoms with Crippen LogP contribution in [0.2, 0.25) is 0 Å². The van der Waals surface area contributed by atoms with Crippen molar-refractivity contribution in [2.75, 3.05) is 0 Å². The van der Waals surface area contributed by atoms with Gasteiger partial charge in [0.25, 0.3) is 0 Å². The fourth-order valence-electron chi connectivity index (χ4n) is 1.23. The standard InChI is InChI=1S/C10H12N4/c1-9-11-3-5-13(9)7-8-14-6-4-12-10(14)2/h3-8H,1-2H3/b8-7+. The van der Waals surface area contributed by atoms with E-state index in [0.29, 0.717) is 0 Å². The molecular formula is C10H12N4. The molecule has 0 unspecified atom stereocenters. The van der Waals surface area contributed by atoms with Crippen molar-refractivity contribution in [1.82, 2.24) is 19.1 Å². The van der Waals surface area contributed by atoms with Gasteiger partial charge in [0.2, 0.25) is 0 Å². The first-order valence-corrected chi connectivity index (χ1v) is 4.44. The van der Waals surface area contributed by atoms with Crippen LogP contribution >= 0.6 is 0 Å². The third-order valence-corrected chi connectivity index (χ3v) is 2.11. The Labute approximate surface area is 82.5 Å². The second-order valence-electron chi connectivity index (χ2n) is 3.06. The lowest BCUT2D eigenvalue weighted by molar-refractivity contribution is 1.00. The molecule has 0 atom stereocenters. The number of aromatic nitrogens is 4. The Morgan fingerprint density at radius 3 is 1.64 bits per heavy atom. The van der Waals surface area contributed by atoms with Crippen LogP contribution in [0, 0.1) is 13.8 Å². The highest BCUT2D eigenvalue weighted by Gasteiger charge is 1.92. The maximum Gasteiger partial charge on any atom is 0.109 e. The van der Waals surface area contributed by atoms with Crippen molar-refractivity contribution in [2.24, 2.45) is 0 Å². The van der Waals surface area contributed by atoms with Gasteiger partial charge in [-0.25, -0.2) is 9.97 Å². The average Bonchev–Trinajstić information content (AvgIpc) is 2.72. The molecule has 0 aliphatic rings. The molecule has 0 amide bonds. The second-order valence-corrected chi connectivity index (χ2v) is 3.06. The fraction of sp³-hybridized carbons (Fsp3) is 0.200. The largest absolute Gasteiger partial charge is 0.309 e. The molecule has 2 aromatic heterocycles. The zero-order chi connectivity index (χ0) is 9.97. The first-order chi connectivity index (χ1) is 6.77. The van der Waals surface area contributed by atoms with E-state index in [2.05, 4.69) is 9.97 Å². The van der Waals surface area contributed by atoms with E-state index in [0.717, 1.165) is 11.6 Å². The van der Waals surface area contributed by atoms with Crippen LogP contribution in [0.4, 0.5) is 0 Å². The van der Waals surface area contributed by atoms with Gasteiger partial charge in [-0.2, -0.15) is 0 Å². The number of aryl methyl sites for hydroxylation is 2. The summed E-state index contributed by atoms with van der Waals surface area (Å²) in [6.45, 7) is 3.93. The minimum Gasteiger partial charge on any atom is -0.309 e. The highest BCUT2D eigenvalue weighted by Crippen LogP contribution is 2.00. The van der Waals surface area contributed by atoms with Gasteiger partial charge in [0.1, 0.15) is 11.6 Å². The van der Waals surface area contributed by atoms with Crippen molar-refractivity contribution in [2.45, 2.75) is 13.8 Å². The molecule has 0 saturated carbocycles. The van der Waals surface area contributed by atoms with Crippen LogP contribution in [-0.4, -0.2) is 19.1 Å². The van der Waals surface area contributed by atoms with Gasteiger partial charge >= 0.3 is 0 Å². The van der Waals surface area contributed by atoms with E-state index in [1.54, 1.807) is 12.4 Å². The van der Waals surface area contributed by atoms with Crippen LogP contribution in [0.3, 0.4) is 0 Å². The molecule has 2 rings (SSSR count). The predicted octanol–water partition coefficient (Wildman–Crippen LogP) is 1.78. The van der Waals surface area contributed by atoms with E-state index in [-0.39, 0.29) is 0 Å². The molecule has 0 spiro atoms. The molecule has 4 heteroatoms. The molecule has 2 aromatic rings. The van der Waals surface area contributed by atoms with Crippen molar-refractivity contribution in [1.29, 1.82) is 0 Å². The van der Waals surface area contributed by atoms with Gasteiger partial charge < -0.3 is 9.13 Å². The SMILES string of the molecule is Cc1nccn1/C=C/n1ccnc1C. The summed E-state index contributed by atoms with van der Waals surface area (Å²) in [6.07, 6.45) is 11.3. The molecule has 0 fully saturated rings. The molecule has 0 saturated heterocycles. The molecule has 2 heterocycles. The quantitative estimate of drug-likeness (QED) is 0.720. The van der Waals surface area contributed by atoms with Gasteiger partial charge in [-0.1, -0.05) is 0 Å². The lowest BCUT2D eigenvalue weighted by Gasteiger charge is -1.98. The maximum atomic E-state index is 4.13. The van der Waals surface area contributed by atoms with Gasteiger partial charge in [-0.15, -0.1) is 0 Å².